The van der Waals surface area contributed by atoms with Crippen molar-refractivity contribution in [2.75, 3.05) is 38.0 Å². The topological polar surface area (TPSA) is 67.9 Å². The fourth-order valence-corrected chi connectivity index (χ4v) is 2.13. The molecule has 0 aliphatic rings. The first-order valence-corrected chi connectivity index (χ1v) is 8.04. The summed E-state index contributed by atoms with van der Waals surface area (Å²) >= 11 is 0. The van der Waals surface area contributed by atoms with Crippen molar-refractivity contribution in [2.45, 2.75) is 0 Å². The number of hydrogen-bond donors (Lipinski definition) is 1. The molecule has 136 valence electrons. The van der Waals surface area contributed by atoms with E-state index in [0.29, 0.717) is 11.4 Å². The number of methoxy groups -OCH3 is 1. The molecule has 0 atom stereocenters. The maximum atomic E-state index is 11.9. The molecule has 6 heteroatoms. The predicted octanol–water partition coefficient (Wildman–Crippen LogP) is 2.96. The Labute approximate surface area is 153 Å². The van der Waals surface area contributed by atoms with Gasteiger partial charge in [0.2, 0.25) is 0 Å². The Balaban J connectivity index is 1.80. The zero-order chi connectivity index (χ0) is 18.9. The number of hydrogen-bond acceptors (Lipinski definition) is 5. The van der Waals surface area contributed by atoms with Crippen molar-refractivity contribution < 1.29 is 19.1 Å². The third-order valence-electron chi connectivity index (χ3n) is 3.52. The lowest BCUT2D eigenvalue weighted by molar-refractivity contribution is -0.142. The fourth-order valence-electron chi connectivity index (χ4n) is 2.13. The quantitative estimate of drug-likeness (QED) is 0.612. The van der Waals surface area contributed by atoms with Gasteiger partial charge in [0.1, 0.15) is 5.75 Å². The van der Waals surface area contributed by atoms with Crippen LogP contribution in [0, 0.1) is 0 Å². The van der Waals surface area contributed by atoms with Crippen molar-refractivity contribution in [1.29, 1.82) is 0 Å². The van der Waals surface area contributed by atoms with E-state index < -0.39 is 11.9 Å². The van der Waals surface area contributed by atoms with E-state index in [1.807, 2.05) is 49.3 Å². The van der Waals surface area contributed by atoms with E-state index >= 15 is 0 Å². The van der Waals surface area contributed by atoms with Crippen LogP contribution in [-0.2, 0) is 14.3 Å². The van der Waals surface area contributed by atoms with Gasteiger partial charge in [-0.05, 0) is 48.0 Å². The molecule has 2 aromatic carbocycles. The Bertz CT molecular complexity index is 783. The molecule has 2 rings (SSSR count). The number of amides is 1. The molecule has 26 heavy (non-hydrogen) atoms. The molecule has 0 bridgehead atoms. The first-order valence-electron chi connectivity index (χ1n) is 8.04. The van der Waals surface area contributed by atoms with Crippen LogP contribution in [0.3, 0.4) is 0 Å². The van der Waals surface area contributed by atoms with Crippen LogP contribution in [0.25, 0.3) is 6.08 Å². The van der Waals surface area contributed by atoms with Crippen LogP contribution in [0.15, 0.2) is 54.6 Å². The fraction of sp³-hybridized carbons (Fsp3) is 0.200. The molecule has 0 aliphatic heterocycles. The van der Waals surface area contributed by atoms with E-state index in [-0.39, 0.29) is 6.61 Å². The van der Waals surface area contributed by atoms with Crippen molar-refractivity contribution >= 4 is 29.3 Å². The van der Waals surface area contributed by atoms with Gasteiger partial charge in [-0.2, -0.15) is 0 Å². The summed E-state index contributed by atoms with van der Waals surface area (Å²) in [6.45, 7) is -0.350. The number of ether oxygens (including phenoxy) is 2. The third kappa shape index (κ3) is 5.98. The van der Waals surface area contributed by atoms with Crippen LogP contribution in [0.4, 0.5) is 11.4 Å². The van der Waals surface area contributed by atoms with Gasteiger partial charge in [0, 0.05) is 31.5 Å². The van der Waals surface area contributed by atoms with E-state index in [1.165, 1.54) is 6.08 Å². The lowest BCUT2D eigenvalue weighted by Crippen LogP contribution is -2.20. The van der Waals surface area contributed by atoms with Gasteiger partial charge in [-0.15, -0.1) is 0 Å². The van der Waals surface area contributed by atoms with Gasteiger partial charge in [-0.1, -0.05) is 12.1 Å². The van der Waals surface area contributed by atoms with Crippen molar-refractivity contribution in [3.63, 3.8) is 0 Å². The second-order valence-electron chi connectivity index (χ2n) is 5.71. The maximum Gasteiger partial charge on any atom is 0.331 e. The predicted molar refractivity (Wildman–Crippen MR) is 102 cm³/mol. The summed E-state index contributed by atoms with van der Waals surface area (Å²) in [5, 5.41) is 2.68. The Morgan fingerprint density at radius 2 is 1.85 bits per heavy atom. The molecular formula is C20H22N2O4. The summed E-state index contributed by atoms with van der Waals surface area (Å²) in [5.41, 5.74) is 2.47. The van der Waals surface area contributed by atoms with Gasteiger partial charge in [0.05, 0.1) is 7.11 Å². The van der Waals surface area contributed by atoms with E-state index in [9.17, 15) is 9.59 Å². The van der Waals surface area contributed by atoms with Gasteiger partial charge in [0.25, 0.3) is 5.91 Å². The molecular weight excluding hydrogens is 332 g/mol. The Morgan fingerprint density at radius 1 is 1.12 bits per heavy atom. The number of rotatable bonds is 7. The molecule has 0 heterocycles. The number of nitrogens with zero attached hydrogens (tertiary/aromatic N) is 1. The molecule has 1 amide bonds. The minimum Gasteiger partial charge on any atom is -0.497 e. The minimum absolute atomic E-state index is 0.350. The molecule has 0 radical (unpaired) electrons. The monoisotopic (exact) mass is 354 g/mol. The van der Waals surface area contributed by atoms with Gasteiger partial charge >= 0.3 is 5.97 Å². The molecule has 0 saturated heterocycles. The van der Waals surface area contributed by atoms with Crippen molar-refractivity contribution in [3.8, 4) is 5.75 Å². The summed E-state index contributed by atoms with van der Waals surface area (Å²) in [5.74, 6) is -0.295. The highest BCUT2D eigenvalue weighted by molar-refractivity contribution is 5.94. The lowest BCUT2D eigenvalue weighted by atomic mass is 10.2. The molecule has 6 nitrogen and oxygen atoms in total. The van der Waals surface area contributed by atoms with E-state index in [1.54, 1.807) is 31.4 Å². The highest BCUT2D eigenvalue weighted by atomic mass is 16.5. The van der Waals surface area contributed by atoms with E-state index in [4.69, 9.17) is 9.47 Å². The molecule has 2 aromatic rings. The highest BCUT2D eigenvalue weighted by Crippen LogP contribution is 2.15. The third-order valence-corrected chi connectivity index (χ3v) is 3.52. The summed E-state index contributed by atoms with van der Waals surface area (Å²) in [6.07, 6.45) is 2.87. The zero-order valence-corrected chi connectivity index (χ0v) is 15.1. The van der Waals surface area contributed by atoms with Gasteiger partial charge in [0.15, 0.2) is 6.61 Å². The molecule has 0 unspecified atom stereocenters. The lowest BCUT2D eigenvalue weighted by Gasteiger charge is -2.13. The first-order chi connectivity index (χ1) is 12.5. The highest BCUT2D eigenvalue weighted by Gasteiger charge is 2.06. The number of anilines is 2. The molecule has 0 saturated carbocycles. The largest absolute Gasteiger partial charge is 0.497 e. The van der Waals surface area contributed by atoms with E-state index in [2.05, 4.69) is 5.32 Å². The second kappa shape index (κ2) is 9.27. The summed E-state index contributed by atoms with van der Waals surface area (Å²) in [7, 11) is 5.45. The van der Waals surface area contributed by atoms with E-state index in [0.717, 1.165) is 11.3 Å². The average Bonchev–Trinajstić information content (AvgIpc) is 2.65. The number of carbonyl (C=O) groups excluding carboxylic acids is 2. The smallest absolute Gasteiger partial charge is 0.331 e. The molecule has 0 aromatic heterocycles. The normalized spacial score (nSPS) is 10.4. The number of benzene rings is 2. The number of esters is 1. The van der Waals surface area contributed by atoms with Gasteiger partial charge < -0.3 is 19.7 Å². The second-order valence-corrected chi connectivity index (χ2v) is 5.71. The molecule has 1 N–H and O–H groups in total. The Kier molecular flexibility index (Phi) is 6.79. The SMILES string of the molecule is COc1cccc(C=CC(=O)OCC(=O)Nc2ccc(N(C)C)cc2)c1. The van der Waals surface area contributed by atoms with Crippen LogP contribution in [0.2, 0.25) is 0 Å². The van der Waals surface area contributed by atoms with Crippen LogP contribution in [0.1, 0.15) is 5.56 Å². The summed E-state index contributed by atoms with van der Waals surface area (Å²) < 4.78 is 10.1. The van der Waals surface area contributed by atoms with Crippen molar-refractivity contribution in [3.05, 3.63) is 60.2 Å². The summed E-state index contributed by atoms with van der Waals surface area (Å²) in [4.78, 5) is 25.5. The minimum atomic E-state index is -0.592. The van der Waals surface area contributed by atoms with Crippen LogP contribution < -0.4 is 15.0 Å². The molecule has 0 fully saturated rings. The maximum absolute atomic E-state index is 11.9. The first kappa shape index (κ1) is 19.1. The summed E-state index contributed by atoms with van der Waals surface area (Å²) in [6, 6.07) is 14.6. The van der Waals surface area contributed by atoms with Gasteiger partial charge in [-0.25, -0.2) is 4.79 Å². The zero-order valence-electron chi connectivity index (χ0n) is 15.1. The van der Waals surface area contributed by atoms with Crippen molar-refractivity contribution in [1.82, 2.24) is 0 Å². The van der Waals surface area contributed by atoms with Crippen LogP contribution in [-0.4, -0.2) is 39.7 Å². The van der Waals surface area contributed by atoms with Gasteiger partial charge in [-0.3, -0.25) is 4.79 Å². The number of nitrogens with one attached hydrogen (secondary N) is 1. The standard InChI is InChI=1S/C20H22N2O4/c1-22(2)17-10-8-16(9-11-17)21-19(23)14-26-20(24)12-7-15-5-4-6-18(13-15)25-3/h4-13H,14H2,1-3H3,(H,21,23). The van der Waals surface area contributed by atoms with Crippen LogP contribution >= 0.6 is 0 Å². The van der Waals surface area contributed by atoms with Crippen molar-refractivity contribution in [2.24, 2.45) is 0 Å². The molecule has 0 aliphatic carbocycles. The molecule has 0 spiro atoms. The average molecular weight is 354 g/mol. The number of carbonyl (C=O) groups is 2. The Hall–Kier alpha value is -3.28. The Morgan fingerprint density at radius 3 is 2.50 bits per heavy atom. The van der Waals surface area contributed by atoms with Crippen LogP contribution in [0.5, 0.6) is 5.75 Å².